The highest BCUT2D eigenvalue weighted by Crippen LogP contribution is 2.23. The van der Waals surface area contributed by atoms with Crippen LogP contribution in [0.1, 0.15) is 10.6 Å². The minimum Gasteiger partial charge on any atom is -0.348 e. The molecule has 0 atom stereocenters. The standard InChI is InChI=1S/C14H13N5S/c1-10-7-15-14(16-8-10)17-9-12-18-19-13(20-12)11-5-3-2-4-6-11/h2-8H,9H2,1H3,(H,15,16,17). The van der Waals surface area contributed by atoms with Crippen molar-refractivity contribution in [2.24, 2.45) is 0 Å². The van der Waals surface area contributed by atoms with Gasteiger partial charge in [0.25, 0.3) is 0 Å². The van der Waals surface area contributed by atoms with Crippen molar-refractivity contribution in [3.8, 4) is 10.6 Å². The maximum absolute atomic E-state index is 4.20. The molecule has 0 bridgehead atoms. The molecule has 5 nitrogen and oxygen atoms in total. The highest BCUT2D eigenvalue weighted by atomic mass is 32.1. The van der Waals surface area contributed by atoms with Crippen molar-refractivity contribution in [3.63, 3.8) is 0 Å². The zero-order valence-electron chi connectivity index (χ0n) is 10.9. The molecule has 6 heteroatoms. The summed E-state index contributed by atoms with van der Waals surface area (Å²) >= 11 is 1.57. The molecular formula is C14H13N5S. The summed E-state index contributed by atoms with van der Waals surface area (Å²) < 4.78 is 0. The Morgan fingerprint density at radius 1 is 1.05 bits per heavy atom. The number of aryl methyl sites for hydroxylation is 1. The Morgan fingerprint density at radius 2 is 1.80 bits per heavy atom. The van der Waals surface area contributed by atoms with E-state index < -0.39 is 0 Å². The molecule has 1 aromatic carbocycles. The van der Waals surface area contributed by atoms with Gasteiger partial charge >= 0.3 is 0 Å². The Kier molecular flexibility index (Phi) is 3.64. The summed E-state index contributed by atoms with van der Waals surface area (Å²) in [5.74, 6) is 0.604. The number of hydrogen-bond donors (Lipinski definition) is 1. The molecule has 3 rings (SSSR count). The van der Waals surface area contributed by atoms with E-state index in [4.69, 9.17) is 0 Å². The molecule has 0 amide bonds. The van der Waals surface area contributed by atoms with Gasteiger partial charge in [-0.1, -0.05) is 41.7 Å². The predicted octanol–water partition coefficient (Wildman–Crippen LogP) is 2.92. The van der Waals surface area contributed by atoms with Gasteiger partial charge in [0, 0.05) is 18.0 Å². The number of aromatic nitrogens is 4. The van der Waals surface area contributed by atoms with E-state index in [9.17, 15) is 0 Å². The summed E-state index contributed by atoms with van der Waals surface area (Å²) in [6, 6.07) is 10.0. The number of rotatable bonds is 4. The fourth-order valence-electron chi connectivity index (χ4n) is 1.66. The van der Waals surface area contributed by atoms with Crippen LogP contribution in [0.4, 0.5) is 5.95 Å². The van der Waals surface area contributed by atoms with Gasteiger partial charge in [0.1, 0.15) is 10.0 Å². The topological polar surface area (TPSA) is 63.6 Å². The van der Waals surface area contributed by atoms with Crippen LogP contribution in [0.2, 0.25) is 0 Å². The van der Waals surface area contributed by atoms with Gasteiger partial charge in [-0.25, -0.2) is 9.97 Å². The molecule has 1 N–H and O–H groups in total. The second-order valence-corrected chi connectivity index (χ2v) is 5.37. The third kappa shape index (κ3) is 2.97. The smallest absolute Gasteiger partial charge is 0.222 e. The lowest BCUT2D eigenvalue weighted by Gasteiger charge is -2.01. The predicted molar refractivity (Wildman–Crippen MR) is 79.4 cm³/mol. The lowest BCUT2D eigenvalue weighted by atomic mass is 10.2. The molecule has 0 saturated heterocycles. The van der Waals surface area contributed by atoms with Crippen molar-refractivity contribution in [2.45, 2.75) is 13.5 Å². The summed E-state index contributed by atoms with van der Waals surface area (Å²) in [5, 5.41) is 13.3. The molecule has 0 aliphatic rings. The van der Waals surface area contributed by atoms with Crippen LogP contribution in [-0.2, 0) is 6.54 Å². The molecule has 0 aliphatic heterocycles. The van der Waals surface area contributed by atoms with Gasteiger partial charge in [0.15, 0.2) is 0 Å². The van der Waals surface area contributed by atoms with E-state index in [1.54, 1.807) is 23.7 Å². The summed E-state index contributed by atoms with van der Waals surface area (Å²) in [5.41, 5.74) is 2.13. The van der Waals surface area contributed by atoms with Gasteiger partial charge in [-0.2, -0.15) is 0 Å². The highest BCUT2D eigenvalue weighted by Gasteiger charge is 2.06. The van der Waals surface area contributed by atoms with Gasteiger partial charge in [-0.05, 0) is 12.5 Å². The highest BCUT2D eigenvalue weighted by molar-refractivity contribution is 7.14. The first kappa shape index (κ1) is 12.7. The first-order valence-corrected chi connectivity index (χ1v) is 7.03. The van der Waals surface area contributed by atoms with Crippen LogP contribution in [0.25, 0.3) is 10.6 Å². The Balaban J connectivity index is 1.67. The van der Waals surface area contributed by atoms with Crippen LogP contribution in [0, 0.1) is 6.92 Å². The van der Waals surface area contributed by atoms with E-state index in [0.29, 0.717) is 12.5 Å². The molecule has 20 heavy (non-hydrogen) atoms. The molecule has 0 spiro atoms. The van der Waals surface area contributed by atoms with E-state index >= 15 is 0 Å². The van der Waals surface area contributed by atoms with E-state index in [0.717, 1.165) is 21.1 Å². The number of nitrogens with zero attached hydrogens (tertiary/aromatic N) is 4. The van der Waals surface area contributed by atoms with Gasteiger partial charge < -0.3 is 5.32 Å². The van der Waals surface area contributed by atoms with E-state index in [2.05, 4.69) is 25.5 Å². The molecule has 0 unspecified atom stereocenters. The van der Waals surface area contributed by atoms with Crippen molar-refractivity contribution in [3.05, 3.63) is 53.3 Å². The minimum atomic E-state index is 0.577. The second kappa shape index (κ2) is 5.75. The monoisotopic (exact) mass is 283 g/mol. The number of nitrogens with one attached hydrogen (secondary N) is 1. The summed E-state index contributed by atoms with van der Waals surface area (Å²) in [6.45, 7) is 2.54. The van der Waals surface area contributed by atoms with Crippen molar-refractivity contribution < 1.29 is 0 Å². The zero-order chi connectivity index (χ0) is 13.8. The Labute approximate surface area is 120 Å². The third-order valence-electron chi connectivity index (χ3n) is 2.67. The fourth-order valence-corrected chi connectivity index (χ4v) is 2.45. The number of benzene rings is 1. The molecule has 100 valence electrons. The van der Waals surface area contributed by atoms with Crippen LogP contribution < -0.4 is 5.32 Å². The molecule has 2 aromatic heterocycles. The van der Waals surface area contributed by atoms with Crippen LogP contribution in [0.5, 0.6) is 0 Å². The maximum Gasteiger partial charge on any atom is 0.222 e. The largest absolute Gasteiger partial charge is 0.348 e. The third-order valence-corrected chi connectivity index (χ3v) is 3.64. The van der Waals surface area contributed by atoms with Crippen molar-refractivity contribution in [1.82, 2.24) is 20.2 Å². The Morgan fingerprint density at radius 3 is 2.55 bits per heavy atom. The van der Waals surface area contributed by atoms with Gasteiger partial charge in [-0.3, -0.25) is 0 Å². The zero-order valence-corrected chi connectivity index (χ0v) is 11.8. The minimum absolute atomic E-state index is 0.577. The van der Waals surface area contributed by atoms with Gasteiger partial charge in [-0.15, -0.1) is 10.2 Å². The normalized spacial score (nSPS) is 10.4. The van der Waals surface area contributed by atoms with E-state index in [1.165, 1.54) is 0 Å². The lowest BCUT2D eigenvalue weighted by molar-refractivity contribution is 0.969. The first-order chi connectivity index (χ1) is 9.81. The molecule has 0 aliphatic carbocycles. The summed E-state index contributed by atoms with van der Waals surface area (Å²) in [6.07, 6.45) is 3.57. The Hall–Kier alpha value is -2.34. The average molecular weight is 283 g/mol. The van der Waals surface area contributed by atoms with E-state index in [1.807, 2.05) is 37.3 Å². The van der Waals surface area contributed by atoms with Crippen LogP contribution in [0.15, 0.2) is 42.7 Å². The number of anilines is 1. The fraction of sp³-hybridized carbons (Fsp3) is 0.143. The molecule has 0 fully saturated rings. The molecule has 0 saturated carbocycles. The van der Waals surface area contributed by atoms with E-state index in [-0.39, 0.29) is 0 Å². The Bertz CT molecular complexity index is 678. The average Bonchev–Trinajstić information content (AvgIpc) is 2.97. The van der Waals surface area contributed by atoms with Crippen molar-refractivity contribution in [1.29, 1.82) is 0 Å². The molecular weight excluding hydrogens is 270 g/mol. The summed E-state index contributed by atoms with van der Waals surface area (Å²) in [4.78, 5) is 8.39. The summed E-state index contributed by atoms with van der Waals surface area (Å²) in [7, 11) is 0. The first-order valence-electron chi connectivity index (χ1n) is 6.21. The molecule has 2 heterocycles. The SMILES string of the molecule is Cc1cnc(NCc2nnc(-c3ccccc3)s2)nc1. The van der Waals surface area contributed by atoms with Gasteiger partial charge in [0.2, 0.25) is 5.95 Å². The lowest BCUT2D eigenvalue weighted by Crippen LogP contribution is -2.03. The van der Waals surface area contributed by atoms with Crippen LogP contribution in [0.3, 0.4) is 0 Å². The van der Waals surface area contributed by atoms with Crippen molar-refractivity contribution in [2.75, 3.05) is 5.32 Å². The van der Waals surface area contributed by atoms with Crippen LogP contribution >= 0.6 is 11.3 Å². The molecule has 3 aromatic rings. The quantitative estimate of drug-likeness (QED) is 0.797. The van der Waals surface area contributed by atoms with Crippen molar-refractivity contribution >= 4 is 17.3 Å². The van der Waals surface area contributed by atoms with Crippen LogP contribution in [-0.4, -0.2) is 20.2 Å². The maximum atomic E-state index is 4.20. The van der Waals surface area contributed by atoms with Gasteiger partial charge in [0.05, 0.1) is 6.54 Å². The number of hydrogen-bond acceptors (Lipinski definition) is 6. The molecule has 0 radical (unpaired) electrons. The second-order valence-electron chi connectivity index (χ2n) is 4.30.